The summed E-state index contributed by atoms with van der Waals surface area (Å²) < 4.78 is 32.4. The first-order valence-corrected chi connectivity index (χ1v) is 11.6. The number of fused-ring (bicyclic) bond motifs is 1. The predicted octanol–water partition coefficient (Wildman–Crippen LogP) is 5.39. The number of hydrogen-bond acceptors (Lipinski definition) is 5. The lowest BCUT2D eigenvalue weighted by molar-refractivity contribution is -0.116. The number of benzene rings is 3. The van der Waals surface area contributed by atoms with Crippen molar-refractivity contribution >= 4 is 11.7 Å². The molecule has 8 heteroatoms. The van der Waals surface area contributed by atoms with Crippen LogP contribution in [0.3, 0.4) is 0 Å². The van der Waals surface area contributed by atoms with Gasteiger partial charge in [0.1, 0.15) is 24.0 Å². The molecule has 1 amide bonds. The highest BCUT2D eigenvalue weighted by molar-refractivity contribution is 5.95. The van der Waals surface area contributed by atoms with Gasteiger partial charge in [0, 0.05) is 23.5 Å². The fourth-order valence-corrected chi connectivity index (χ4v) is 4.53. The fourth-order valence-electron chi connectivity index (χ4n) is 4.53. The second-order valence-electron chi connectivity index (χ2n) is 8.55. The first-order chi connectivity index (χ1) is 17.5. The number of aromatic nitrogens is 2. The summed E-state index contributed by atoms with van der Waals surface area (Å²) in [5.41, 5.74) is 3.95. The van der Waals surface area contributed by atoms with Gasteiger partial charge in [0.15, 0.2) is 11.5 Å². The van der Waals surface area contributed by atoms with Gasteiger partial charge < -0.3 is 19.5 Å². The number of hydrogen-bond donors (Lipinski definition) is 1. The van der Waals surface area contributed by atoms with Crippen LogP contribution in [0, 0.1) is 12.7 Å². The molecule has 0 saturated heterocycles. The summed E-state index contributed by atoms with van der Waals surface area (Å²) in [5, 5.41) is 7.73. The Morgan fingerprint density at radius 2 is 1.81 bits per heavy atom. The zero-order valence-corrected chi connectivity index (χ0v) is 20.2. The van der Waals surface area contributed by atoms with Gasteiger partial charge in [-0.1, -0.05) is 24.3 Å². The summed E-state index contributed by atoms with van der Waals surface area (Å²) in [6.45, 7) is 2.01. The maximum atomic E-state index is 14.0. The predicted molar refractivity (Wildman–Crippen MR) is 134 cm³/mol. The van der Waals surface area contributed by atoms with Crippen LogP contribution in [0.1, 0.15) is 34.7 Å². The van der Waals surface area contributed by atoms with Crippen molar-refractivity contribution in [3.8, 4) is 22.9 Å². The van der Waals surface area contributed by atoms with Gasteiger partial charge in [0.2, 0.25) is 5.91 Å². The lowest BCUT2D eigenvalue weighted by Gasteiger charge is -2.25. The van der Waals surface area contributed by atoms with Crippen molar-refractivity contribution in [1.29, 1.82) is 0 Å². The van der Waals surface area contributed by atoms with Crippen LogP contribution in [0.4, 0.5) is 10.2 Å². The van der Waals surface area contributed by atoms with Gasteiger partial charge in [-0.15, -0.1) is 0 Å². The Balaban J connectivity index is 1.47. The molecule has 0 saturated carbocycles. The van der Waals surface area contributed by atoms with Crippen molar-refractivity contribution in [2.45, 2.75) is 25.9 Å². The van der Waals surface area contributed by atoms with Crippen LogP contribution in [0.25, 0.3) is 5.69 Å². The minimum Gasteiger partial charge on any atom is -0.497 e. The van der Waals surface area contributed by atoms with Crippen LogP contribution in [-0.2, 0) is 11.4 Å². The number of carbonyl (C=O) groups is 1. The van der Waals surface area contributed by atoms with Gasteiger partial charge in [-0.05, 0) is 55.0 Å². The van der Waals surface area contributed by atoms with Crippen LogP contribution in [-0.4, -0.2) is 29.9 Å². The second kappa shape index (κ2) is 9.73. The second-order valence-corrected chi connectivity index (χ2v) is 8.55. The average Bonchev–Trinajstić information content (AvgIpc) is 3.23. The topological polar surface area (TPSA) is 74.6 Å². The van der Waals surface area contributed by atoms with E-state index in [4.69, 9.17) is 19.3 Å². The monoisotopic (exact) mass is 487 g/mol. The number of methoxy groups -OCH3 is 2. The van der Waals surface area contributed by atoms with E-state index in [1.807, 2.05) is 43.3 Å². The molecular weight excluding hydrogens is 461 g/mol. The number of halogens is 1. The lowest BCUT2D eigenvalue weighted by atomic mass is 9.85. The zero-order chi connectivity index (χ0) is 25.2. The minimum absolute atomic E-state index is 0.0755. The van der Waals surface area contributed by atoms with Gasteiger partial charge in [-0.25, -0.2) is 9.07 Å². The molecule has 0 aliphatic carbocycles. The third-order valence-corrected chi connectivity index (χ3v) is 6.35. The fraction of sp³-hybridized carbons (Fsp3) is 0.214. The van der Waals surface area contributed by atoms with E-state index in [-0.39, 0.29) is 30.7 Å². The quantitative estimate of drug-likeness (QED) is 0.378. The molecule has 7 nitrogen and oxygen atoms in total. The van der Waals surface area contributed by atoms with E-state index in [1.54, 1.807) is 43.2 Å². The number of anilines is 1. The summed E-state index contributed by atoms with van der Waals surface area (Å²) >= 11 is 0. The molecule has 0 radical (unpaired) electrons. The summed E-state index contributed by atoms with van der Waals surface area (Å²) in [5.74, 6) is 1.77. The summed E-state index contributed by atoms with van der Waals surface area (Å²) in [6, 6.07) is 19.6. The van der Waals surface area contributed by atoms with Crippen LogP contribution < -0.4 is 19.5 Å². The maximum Gasteiger partial charge on any atom is 0.226 e. The first-order valence-electron chi connectivity index (χ1n) is 11.6. The molecule has 1 N–H and O–H groups in total. The van der Waals surface area contributed by atoms with Crippen molar-refractivity contribution < 1.29 is 23.4 Å². The van der Waals surface area contributed by atoms with E-state index in [1.165, 1.54) is 6.07 Å². The van der Waals surface area contributed by atoms with Crippen LogP contribution in [0.15, 0.2) is 66.7 Å². The molecule has 3 aromatic carbocycles. The van der Waals surface area contributed by atoms with Crippen molar-refractivity contribution in [2.24, 2.45) is 0 Å². The normalized spacial score (nSPS) is 14.7. The number of ether oxygens (including phenoxy) is 3. The van der Waals surface area contributed by atoms with E-state index < -0.39 is 0 Å². The Kier molecular flexibility index (Phi) is 6.33. The van der Waals surface area contributed by atoms with Crippen molar-refractivity contribution in [3.63, 3.8) is 0 Å². The average molecular weight is 488 g/mol. The molecule has 0 spiro atoms. The molecule has 4 aromatic rings. The maximum absolute atomic E-state index is 14.0. The van der Waals surface area contributed by atoms with E-state index in [0.29, 0.717) is 22.9 Å². The Bertz CT molecular complexity index is 1420. The minimum atomic E-state index is -0.321. The number of rotatable bonds is 7. The van der Waals surface area contributed by atoms with E-state index >= 15 is 0 Å². The molecule has 1 aromatic heterocycles. The number of nitrogens with zero attached hydrogens (tertiary/aromatic N) is 2. The van der Waals surface area contributed by atoms with Gasteiger partial charge >= 0.3 is 0 Å². The van der Waals surface area contributed by atoms with Crippen LogP contribution in [0.5, 0.6) is 17.2 Å². The molecule has 0 fully saturated rings. The molecule has 2 heterocycles. The van der Waals surface area contributed by atoms with Gasteiger partial charge in [0.05, 0.1) is 25.6 Å². The molecule has 184 valence electrons. The first kappa shape index (κ1) is 23.4. The molecule has 0 unspecified atom stereocenters. The van der Waals surface area contributed by atoms with E-state index in [9.17, 15) is 9.18 Å². The highest BCUT2D eigenvalue weighted by Gasteiger charge is 2.33. The number of amides is 1. The van der Waals surface area contributed by atoms with Crippen LogP contribution >= 0.6 is 0 Å². The largest absolute Gasteiger partial charge is 0.497 e. The molecule has 1 aliphatic heterocycles. The van der Waals surface area contributed by atoms with Gasteiger partial charge in [-0.3, -0.25) is 4.79 Å². The Labute approximate surface area is 208 Å². The van der Waals surface area contributed by atoms with E-state index in [2.05, 4.69) is 5.32 Å². The summed E-state index contributed by atoms with van der Waals surface area (Å²) in [4.78, 5) is 12.8. The highest BCUT2D eigenvalue weighted by Crippen LogP contribution is 2.42. The molecule has 1 aliphatic rings. The standard InChI is InChI=1S/C28H26FN3O4/c1-17-27-22(15-26(33)30-28(27)32(31-17)20-9-11-21(34-2)12-10-20)18-8-13-24(25(14-18)35-3)36-16-19-6-4-5-7-23(19)29/h4-14,22H,15-16H2,1-3H3,(H,30,33)/t22-/m1/s1. The molecule has 1 atom stereocenters. The molecule has 0 bridgehead atoms. The SMILES string of the molecule is COc1ccc(-n2nc(C)c3c2NC(=O)C[C@@H]3c2ccc(OCc3ccccc3F)c(OC)c2)cc1. The van der Waals surface area contributed by atoms with Crippen molar-refractivity contribution in [3.05, 3.63) is 94.9 Å². The van der Waals surface area contributed by atoms with Crippen molar-refractivity contribution in [2.75, 3.05) is 19.5 Å². The Morgan fingerprint density at radius 3 is 2.53 bits per heavy atom. The van der Waals surface area contributed by atoms with Crippen LogP contribution in [0.2, 0.25) is 0 Å². The Morgan fingerprint density at radius 1 is 1.03 bits per heavy atom. The summed E-state index contributed by atoms with van der Waals surface area (Å²) in [7, 11) is 3.17. The van der Waals surface area contributed by atoms with Gasteiger partial charge in [0.25, 0.3) is 0 Å². The molecule has 36 heavy (non-hydrogen) atoms. The number of nitrogens with one attached hydrogen (secondary N) is 1. The lowest BCUT2D eigenvalue weighted by Crippen LogP contribution is -2.25. The molecule has 5 rings (SSSR count). The van der Waals surface area contributed by atoms with Gasteiger partial charge in [-0.2, -0.15) is 5.10 Å². The molecular formula is C28H26FN3O4. The smallest absolute Gasteiger partial charge is 0.226 e. The Hall–Kier alpha value is -4.33. The third kappa shape index (κ3) is 4.37. The third-order valence-electron chi connectivity index (χ3n) is 6.35. The zero-order valence-electron chi connectivity index (χ0n) is 20.2. The summed E-state index contributed by atoms with van der Waals surface area (Å²) in [6.07, 6.45) is 0.279. The van der Waals surface area contributed by atoms with Crippen molar-refractivity contribution in [1.82, 2.24) is 9.78 Å². The van der Waals surface area contributed by atoms with E-state index in [0.717, 1.165) is 28.3 Å². The number of carbonyl (C=O) groups excluding carboxylic acids is 1. The number of aryl methyl sites for hydroxylation is 1. The highest BCUT2D eigenvalue weighted by atomic mass is 19.1.